The number of nitrogens with zero attached hydrogens (tertiary/aromatic N) is 1. The molecule has 0 radical (unpaired) electrons. The van der Waals surface area contributed by atoms with Crippen LogP contribution in [0.1, 0.15) is 18.4 Å². The van der Waals surface area contributed by atoms with E-state index in [-0.39, 0.29) is 30.3 Å². The van der Waals surface area contributed by atoms with Crippen molar-refractivity contribution in [2.75, 3.05) is 11.4 Å². The highest BCUT2D eigenvalue weighted by atomic mass is 32.5. The highest BCUT2D eigenvalue weighted by Crippen LogP contribution is 3.02. The van der Waals surface area contributed by atoms with Gasteiger partial charge < -0.3 is 15.7 Å². The average molecular weight is 346 g/mol. The van der Waals surface area contributed by atoms with Crippen LogP contribution >= 0.6 is 10.2 Å². The zero-order valence-electron chi connectivity index (χ0n) is 11.5. The lowest BCUT2D eigenvalue weighted by atomic mass is 10.1. The fraction of sp³-hybridized carbons (Fsp3) is 0.417. The molecule has 22 heavy (non-hydrogen) atoms. The minimum Gasteiger partial charge on any atom is -0.365 e. The van der Waals surface area contributed by atoms with Crippen LogP contribution in [0.2, 0.25) is 0 Å². The smallest absolute Gasteiger partial charge is 0.310 e. The molecule has 1 aromatic rings. The van der Waals surface area contributed by atoms with E-state index in [0.717, 1.165) is 11.0 Å². The predicted molar refractivity (Wildman–Crippen MR) is 73.3 cm³/mol. The van der Waals surface area contributed by atoms with E-state index in [9.17, 15) is 29.3 Å². The van der Waals surface area contributed by atoms with Gasteiger partial charge in [-0.1, -0.05) is 19.4 Å². The first kappa shape index (κ1) is 16.8. The van der Waals surface area contributed by atoms with Gasteiger partial charge in [-0.25, -0.2) is 0 Å². The number of anilines is 1. The van der Waals surface area contributed by atoms with Gasteiger partial charge in [-0.2, -0.15) is 0 Å². The van der Waals surface area contributed by atoms with Crippen LogP contribution in [0.3, 0.4) is 0 Å². The molecule has 1 saturated heterocycles. The second-order valence-electron chi connectivity index (χ2n) is 5.35. The minimum atomic E-state index is -9.77. The van der Waals surface area contributed by atoms with E-state index in [2.05, 4.69) is 0 Å². The number of amides is 1. The highest BCUT2D eigenvalue weighted by Gasteiger charge is 2.65. The lowest BCUT2D eigenvalue weighted by Gasteiger charge is -2.41. The van der Waals surface area contributed by atoms with Gasteiger partial charge in [0.1, 0.15) is 4.90 Å². The monoisotopic (exact) mass is 346 g/mol. The number of hydrogen-bond donors (Lipinski definition) is 2. The highest BCUT2D eigenvalue weighted by molar-refractivity contribution is 8.45. The lowest BCUT2D eigenvalue weighted by Crippen LogP contribution is -2.54. The van der Waals surface area contributed by atoms with Crippen LogP contribution < -0.4 is 10.6 Å². The molecule has 1 aromatic carbocycles. The van der Waals surface area contributed by atoms with Gasteiger partial charge in [-0.3, -0.25) is 4.79 Å². The fourth-order valence-electron chi connectivity index (χ4n) is 2.55. The number of aryl methyl sites for hydroxylation is 1. The Hall–Kier alpha value is -1.55. The van der Waals surface area contributed by atoms with Crippen molar-refractivity contribution < 1.29 is 29.3 Å². The van der Waals surface area contributed by atoms with E-state index < -0.39 is 26.8 Å². The van der Waals surface area contributed by atoms with Gasteiger partial charge in [0.15, 0.2) is 0 Å². The zero-order valence-corrected chi connectivity index (χ0v) is 12.3. The van der Waals surface area contributed by atoms with Gasteiger partial charge in [0.2, 0.25) is 5.72 Å². The van der Waals surface area contributed by atoms with Crippen LogP contribution in [0.5, 0.6) is 0 Å². The van der Waals surface area contributed by atoms with Crippen molar-refractivity contribution in [2.24, 2.45) is 5.73 Å². The van der Waals surface area contributed by atoms with Crippen LogP contribution in [0.4, 0.5) is 25.1 Å². The second kappa shape index (κ2) is 4.05. The number of carbonyl (C=O) groups is 1. The quantitative estimate of drug-likeness (QED) is 0.824. The molecule has 3 N–H and O–H groups in total. The second-order valence-corrected chi connectivity index (χ2v) is 7.76. The van der Waals surface area contributed by atoms with Gasteiger partial charge in [0, 0.05) is 18.7 Å². The minimum absolute atomic E-state index is 0.0189. The third kappa shape index (κ3) is 2.84. The number of rotatable bonds is 3. The molecule has 0 aromatic heterocycles. The van der Waals surface area contributed by atoms with Crippen molar-refractivity contribution in [3.8, 4) is 0 Å². The number of hydrogen-bond acceptors (Lipinski definition) is 3. The molecule has 10 heteroatoms. The van der Waals surface area contributed by atoms with Crippen molar-refractivity contribution in [2.45, 2.75) is 30.4 Å². The first-order valence-electron chi connectivity index (χ1n) is 6.30. The summed E-state index contributed by atoms with van der Waals surface area (Å²) in [6.45, 7) is 1.37. The molecule has 1 amide bonds. The van der Waals surface area contributed by atoms with Crippen LogP contribution in [-0.4, -0.2) is 23.3 Å². The van der Waals surface area contributed by atoms with Gasteiger partial charge in [-0.15, -0.1) is 0 Å². The Bertz CT molecular complexity index is 649. The molecule has 1 aliphatic rings. The maximum atomic E-state index is 12.8. The molecule has 1 heterocycles. The van der Waals surface area contributed by atoms with Crippen molar-refractivity contribution in [3.05, 3.63) is 23.8 Å². The summed E-state index contributed by atoms with van der Waals surface area (Å²) >= 11 is 0. The predicted octanol–water partition coefficient (Wildman–Crippen LogP) is 3.43. The van der Waals surface area contributed by atoms with Gasteiger partial charge >= 0.3 is 10.2 Å². The molecule has 4 nitrogen and oxygen atoms in total. The summed E-state index contributed by atoms with van der Waals surface area (Å²) in [6.07, 6.45) is 0.410. The molecule has 0 saturated carbocycles. The van der Waals surface area contributed by atoms with E-state index in [1.807, 2.05) is 0 Å². The standard InChI is InChI=1S/C12H15F5N2O2S/c1-8-7-9(22(13,14,15,16)17)3-4-10(8)19-6-2-5-12(19,21)11(18)20/h3-4,7,21H,2,5-6H2,1H3,(H2,18,20). The number of primary amides is 1. The van der Waals surface area contributed by atoms with Crippen molar-refractivity contribution in [3.63, 3.8) is 0 Å². The Morgan fingerprint density at radius 1 is 1.32 bits per heavy atom. The fourth-order valence-corrected chi connectivity index (χ4v) is 3.27. The Kier molecular flexibility index (Phi) is 3.09. The zero-order chi connectivity index (χ0) is 17.0. The maximum Gasteiger partial charge on any atom is 0.310 e. The molecule has 0 aliphatic carbocycles. The largest absolute Gasteiger partial charge is 0.365 e. The SMILES string of the molecule is Cc1cc(S(F)(F)(F)(F)F)ccc1N1CCCC1(O)C(N)=O. The summed E-state index contributed by atoms with van der Waals surface area (Å²) < 4.78 is 63.9. The summed E-state index contributed by atoms with van der Waals surface area (Å²) in [6, 6.07) is 1.39. The molecular weight excluding hydrogens is 331 g/mol. The van der Waals surface area contributed by atoms with Crippen molar-refractivity contribution >= 4 is 21.8 Å². The molecule has 126 valence electrons. The molecule has 1 aliphatic heterocycles. The van der Waals surface area contributed by atoms with Crippen molar-refractivity contribution in [1.82, 2.24) is 0 Å². The molecule has 2 rings (SSSR count). The van der Waals surface area contributed by atoms with Crippen LogP contribution in [0, 0.1) is 6.92 Å². The third-order valence-electron chi connectivity index (χ3n) is 3.65. The van der Waals surface area contributed by atoms with E-state index in [1.165, 1.54) is 6.92 Å². The third-order valence-corrected chi connectivity index (χ3v) is 4.80. The molecule has 1 unspecified atom stereocenters. The summed E-state index contributed by atoms with van der Waals surface area (Å²) in [5.74, 6) is -1.04. The number of benzene rings is 1. The van der Waals surface area contributed by atoms with Gasteiger partial charge in [-0.05, 0) is 37.1 Å². The van der Waals surface area contributed by atoms with Crippen LogP contribution in [0.15, 0.2) is 23.1 Å². The molecule has 1 atom stereocenters. The molecular formula is C12H15F5N2O2S. The van der Waals surface area contributed by atoms with E-state index in [4.69, 9.17) is 5.73 Å². The topological polar surface area (TPSA) is 66.6 Å². The van der Waals surface area contributed by atoms with Gasteiger partial charge in [0.05, 0.1) is 0 Å². The first-order chi connectivity index (χ1) is 9.65. The lowest BCUT2D eigenvalue weighted by molar-refractivity contribution is -0.135. The number of carbonyl (C=O) groups excluding carboxylic acids is 1. The number of nitrogens with two attached hydrogens (primary N) is 1. The van der Waals surface area contributed by atoms with E-state index in [0.29, 0.717) is 12.5 Å². The number of halogens is 5. The summed E-state index contributed by atoms with van der Waals surface area (Å²) in [4.78, 5) is 10.5. The Labute approximate surface area is 123 Å². The Morgan fingerprint density at radius 3 is 2.36 bits per heavy atom. The maximum absolute atomic E-state index is 12.8. The first-order valence-corrected chi connectivity index (χ1v) is 8.25. The Balaban J connectivity index is 2.51. The molecule has 0 spiro atoms. The molecule has 0 bridgehead atoms. The Morgan fingerprint density at radius 2 is 1.91 bits per heavy atom. The normalized spacial score (nSPS) is 25.7. The van der Waals surface area contributed by atoms with E-state index >= 15 is 0 Å². The summed E-state index contributed by atoms with van der Waals surface area (Å²) in [7, 11) is -9.77. The van der Waals surface area contributed by atoms with Crippen LogP contribution in [-0.2, 0) is 4.79 Å². The summed E-state index contributed by atoms with van der Waals surface area (Å²) in [5, 5.41) is 10.2. The summed E-state index contributed by atoms with van der Waals surface area (Å²) in [5.41, 5.74) is 3.03. The molecule has 1 fully saturated rings. The number of aliphatic hydroxyl groups is 1. The van der Waals surface area contributed by atoms with E-state index in [1.54, 1.807) is 0 Å². The van der Waals surface area contributed by atoms with Gasteiger partial charge in [0.25, 0.3) is 5.91 Å². The van der Waals surface area contributed by atoms with Crippen LogP contribution in [0.25, 0.3) is 0 Å². The van der Waals surface area contributed by atoms with Crippen molar-refractivity contribution in [1.29, 1.82) is 0 Å². The average Bonchev–Trinajstić information content (AvgIpc) is 2.69.